The van der Waals surface area contributed by atoms with Crippen LogP contribution < -0.4 is 10.1 Å². The van der Waals surface area contributed by atoms with Crippen LogP contribution >= 0.6 is 0 Å². The van der Waals surface area contributed by atoms with Crippen LogP contribution in [0.25, 0.3) is 0 Å². The predicted molar refractivity (Wildman–Crippen MR) is 88.9 cm³/mol. The molecule has 0 bridgehead atoms. The third-order valence-electron chi connectivity index (χ3n) is 3.89. The first-order valence-electron chi connectivity index (χ1n) is 7.68. The molecule has 2 heteroatoms. The highest BCUT2D eigenvalue weighted by Gasteiger charge is 2.20. The van der Waals surface area contributed by atoms with Crippen molar-refractivity contribution in [2.24, 2.45) is 0 Å². The fourth-order valence-electron chi connectivity index (χ4n) is 2.67. The van der Waals surface area contributed by atoms with Gasteiger partial charge in [-0.2, -0.15) is 0 Å². The van der Waals surface area contributed by atoms with Crippen molar-refractivity contribution in [2.45, 2.75) is 32.2 Å². The molecule has 0 aliphatic carbocycles. The van der Waals surface area contributed by atoms with Gasteiger partial charge in [0, 0.05) is 12.0 Å². The Morgan fingerprint density at radius 1 is 1.00 bits per heavy atom. The van der Waals surface area contributed by atoms with Crippen molar-refractivity contribution in [3.05, 3.63) is 65.7 Å². The van der Waals surface area contributed by atoms with Crippen molar-refractivity contribution in [3.8, 4) is 5.75 Å². The zero-order chi connectivity index (χ0) is 15.1. The van der Waals surface area contributed by atoms with E-state index in [0.29, 0.717) is 12.0 Å². The van der Waals surface area contributed by atoms with Gasteiger partial charge in [0.2, 0.25) is 0 Å². The molecule has 0 heterocycles. The van der Waals surface area contributed by atoms with Gasteiger partial charge in [-0.05, 0) is 36.2 Å². The molecule has 0 aliphatic rings. The summed E-state index contributed by atoms with van der Waals surface area (Å²) in [4.78, 5) is 0. The van der Waals surface area contributed by atoms with E-state index in [1.165, 1.54) is 11.1 Å². The molecule has 2 rings (SSSR count). The third-order valence-corrected chi connectivity index (χ3v) is 3.89. The lowest BCUT2D eigenvalue weighted by molar-refractivity contribution is 0.410. The number of rotatable bonds is 7. The van der Waals surface area contributed by atoms with Crippen LogP contribution in [0.3, 0.4) is 0 Å². The smallest absolute Gasteiger partial charge is 0.119 e. The summed E-state index contributed by atoms with van der Waals surface area (Å²) in [5.41, 5.74) is 2.63. The Bertz CT molecular complexity index is 538. The first kappa shape index (κ1) is 15.6. The van der Waals surface area contributed by atoms with Gasteiger partial charge in [-0.1, -0.05) is 56.3 Å². The first-order chi connectivity index (χ1) is 10.3. The normalized spacial score (nSPS) is 13.7. The second-order valence-corrected chi connectivity index (χ2v) is 5.41. The summed E-state index contributed by atoms with van der Waals surface area (Å²) >= 11 is 0. The molecule has 0 spiro atoms. The van der Waals surface area contributed by atoms with Crippen LogP contribution in [0.2, 0.25) is 0 Å². The molecule has 0 saturated heterocycles. The van der Waals surface area contributed by atoms with Crippen LogP contribution in [0.5, 0.6) is 5.75 Å². The fraction of sp³-hybridized carbons (Fsp3) is 0.368. The van der Waals surface area contributed by atoms with E-state index in [2.05, 4.69) is 67.7 Å². The topological polar surface area (TPSA) is 21.3 Å². The van der Waals surface area contributed by atoms with E-state index in [4.69, 9.17) is 4.74 Å². The Hall–Kier alpha value is -1.80. The van der Waals surface area contributed by atoms with E-state index in [9.17, 15) is 0 Å². The third kappa shape index (κ3) is 4.08. The van der Waals surface area contributed by atoms with Crippen LogP contribution in [0.1, 0.15) is 43.4 Å². The molecule has 0 aromatic heterocycles. The molecule has 2 unspecified atom stereocenters. The maximum absolute atomic E-state index is 5.37. The van der Waals surface area contributed by atoms with E-state index in [-0.39, 0.29) is 0 Å². The van der Waals surface area contributed by atoms with Gasteiger partial charge >= 0.3 is 0 Å². The Balaban J connectivity index is 2.28. The summed E-state index contributed by atoms with van der Waals surface area (Å²) in [6.45, 7) is 5.49. The maximum atomic E-state index is 5.37. The molecule has 0 amide bonds. The Morgan fingerprint density at radius 2 is 1.71 bits per heavy atom. The second-order valence-electron chi connectivity index (χ2n) is 5.41. The largest absolute Gasteiger partial charge is 0.497 e. The highest BCUT2D eigenvalue weighted by molar-refractivity contribution is 5.33. The number of hydrogen-bond acceptors (Lipinski definition) is 2. The summed E-state index contributed by atoms with van der Waals surface area (Å²) in [5.74, 6) is 1.32. The first-order valence-corrected chi connectivity index (χ1v) is 7.68. The van der Waals surface area contributed by atoms with E-state index >= 15 is 0 Å². The number of benzene rings is 2. The Morgan fingerprint density at radius 3 is 2.38 bits per heavy atom. The van der Waals surface area contributed by atoms with Gasteiger partial charge in [0.1, 0.15) is 5.75 Å². The molecule has 0 aliphatic heterocycles. The molecule has 0 radical (unpaired) electrons. The van der Waals surface area contributed by atoms with E-state index in [1.54, 1.807) is 7.11 Å². The van der Waals surface area contributed by atoms with Crippen molar-refractivity contribution >= 4 is 0 Å². The zero-order valence-corrected chi connectivity index (χ0v) is 13.2. The summed E-state index contributed by atoms with van der Waals surface area (Å²) in [6.07, 6.45) is 1.13. The number of methoxy groups -OCH3 is 1. The lowest BCUT2D eigenvalue weighted by Gasteiger charge is -2.26. The quantitative estimate of drug-likeness (QED) is 0.805. The molecule has 2 aromatic carbocycles. The molecule has 2 nitrogen and oxygen atoms in total. The van der Waals surface area contributed by atoms with Crippen molar-refractivity contribution in [2.75, 3.05) is 13.7 Å². The van der Waals surface area contributed by atoms with Gasteiger partial charge in [-0.25, -0.2) is 0 Å². The number of hydrogen-bond donors (Lipinski definition) is 1. The van der Waals surface area contributed by atoms with Gasteiger partial charge in [0.25, 0.3) is 0 Å². The van der Waals surface area contributed by atoms with Crippen LogP contribution in [0.4, 0.5) is 0 Å². The summed E-state index contributed by atoms with van der Waals surface area (Å²) < 4.78 is 5.37. The van der Waals surface area contributed by atoms with Crippen LogP contribution in [0.15, 0.2) is 54.6 Å². The van der Waals surface area contributed by atoms with Gasteiger partial charge < -0.3 is 10.1 Å². The molecular weight excluding hydrogens is 258 g/mol. The maximum Gasteiger partial charge on any atom is 0.119 e. The highest BCUT2D eigenvalue weighted by atomic mass is 16.5. The number of ether oxygens (including phenoxy) is 1. The molecule has 0 fully saturated rings. The highest BCUT2D eigenvalue weighted by Crippen LogP contribution is 2.32. The van der Waals surface area contributed by atoms with Gasteiger partial charge in [0.05, 0.1) is 7.11 Å². The fourth-order valence-corrected chi connectivity index (χ4v) is 2.67. The molecule has 2 aromatic rings. The molecule has 21 heavy (non-hydrogen) atoms. The molecule has 0 saturated carbocycles. The summed E-state index contributed by atoms with van der Waals surface area (Å²) in [6, 6.07) is 19.3. The predicted octanol–water partition coefficient (Wildman–Crippen LogP) is 4.54. The van der Waals surface area contributed by atoms with Gasteiger partial charge in [0.15, 0.2) is 0 Å². The van der Waals surface area contributed by atoms with Crippen molar-refractivity contribution < 1.29 is 4.74 Å². The average Bonchev–Trinajstić information content (AvgIpc) is 2.56. The Labute approximate surface area is 128 Å². The van der Waals surface area contributed by atoms with Crippen LogP contribution in [-0.4, -0.2) is 13.7 Å². The van der Waals surface area contributed by atoms with Crippen molar-refractivity contribution in [1.29, 1.82) is 0 Å². The molecule has 1 N–H and O–H groups in total. The minimum atomic E-state index is 0.294. The van der Waals surface area contributed by atoms with Crippen molar-refractivity contribution in [3.63, 3.8) is 0 Å². The van der Waals surface area contributed by atoms with E-state index in [0.717, 1.165) is 18.7 Å². The summed E-state index contributed by atoms with van der Waals surface area (Å²) in [7, 11) is 1.72. The standard InChI is InChI=1S/C19H25NO/c1-4-13-20-19(15(2)16-9-6-5-7-10-16)17-11-8-12-18(14-17)21-3/h5-12,14-15,19-20H,4,13H2,1-3H3. The van der Waals surface area contributed by atoms with Crippen LogP contribution in [-0.2, 0) is 0 Å². The van der Waals surface area contributed by atoms with Crippen molar-refractivity contribution in [1.82, 2.24) is 5.32 Å². The lowest BCUT2D eigenvalue weighted by atomic mass is 9.88. The van der Waals surface area contributed by atoms with E-state index < -0.39 is 0 Å². The minimum absolute atomic E-state index is 0.294. The number of nitrogens with one attached hydrogen (secondary N) is 1. The summed E-state index contributed by atoms with van der Waals surface area (Å²) in [5, 5.41) is 3.68. The molecule has 112 valence electrons. The molecule has 2 atom stereocenters. The SMILES string of the molecule is CCCNC(c1cccc(OC)c1)C(C)c1ccccc1. The molecular formula is C19H25NO. The minimum Gasteiger partial charge on any atom is -0.497 e. The average molecular weight is 283 g/mol. The lowest BCUT2D eigenvalue weighted by Crippen LogP contribution is -2.26. The zero-order valence-electron chi connectivity index (χ0n) is 13.2. The van der Waals surface area contributed by atoms with Crippen LogP contribution in [0, 0.1) is 0 Å². The van der Waals surface area contributed by atoms with Gasteiger partial charge in [-0.3, -0.25) is 0 Å². The van der Waals surface area contributed by atoms with Gasteiger partial charge in [-0.15, -0.1) is 0 Å². The monoisotopic (exact) mass is 283 g/mol. The van der Waals surface area contributed by atoms with E-state index in [1.807, 2.05) is 6.07 Å². The Kier molecular flexibility index (Phi) is 5.82. The second kappa shape index (κ2) is 7.84.